The zero-order chi connectivity index (χ0) is 13.8. The average Bonchev–Trinajstić information content (AvgIpc) is 2.34. The van der Waals surface area contributed by atoms with E-state index < -0.39 is 10.0 Å². The van der Waals surface area contributed by atoms with E-state index in [1.54, 1.807) is 0 Å². The van der Waals surface area contributed by atoms with E-state index in [0.717, 1.165) is 38.5 Å². The number of halogens is 1. The summed E-state index contributed by atoms with van der Waals surface area (Å²) in [5.74, 6) is 0.0671. The van der Waals surface area contributed by atoms with Crippen LogP contribution in [0.25, 0.3) is 0 Å². The maximum Gasteiger partial charge on any atom is 0.236 e. The molecule has 106 valence electrons. The van der Waals surface area contributed by atoms with Crippen molar-refractivity contribution in [2.24, 2.45) is 0 Å². The highest BCUT2D eigenvalue weighted by atomic mass is 79.9. The summed E-state index contributed by atoms with van der Waals surface area (Å²) >= 11 is 3.37. The van der Waals surface area contributed by atoms with Gasteiger partial charge < -0.3 is 4.90 Å². The molecule has 1 amide bonds. The molecule has 18 heavy (non-hydrogen) atoms. The van der Waals surface area contributed by atoms with Crippen molar-refractivity contribution in [1.82, 2.24) is 9.62 Å². The quantitative estimate of drug-likeness (QED) is 0.762. The fourth-order valence-corrected chi connectivity index (χ4v) is 2.86. The van der Waals surface area contributed by atoms with Gasteiger partial charge in [-0.25, -0.2) is 13.1 Å². The largest absolute Gasteiger partial charge is 0.337 e. The molecule has 1 aliphatic rings. The normalized spacial score (nSPS) is 22.8. The van der Waals surface area contributed by atoms with E-state index in [1.807, 2.05) is 11.8 Å². The number of piperidine rings is 1. The van der Waals surface area contributed by atoms with E-state index in [-0.39, 0.29) is 16.8 Å². The zero-order valence-corrected chi connectivity index (χ0v) is 13.3. The molecule has 1 heterocycles. The molecule has 1 rings (SSSR count). The summed E-state index contributed by atoms with van der Waals surface area (Å²) in [5, 5.41) is 0. The average molecular weight is 341 g/mol. The summed E-state index contributed by atoms with van der Waals surface area (Å²) < 4.78 is 24.7. The van der Waals surface area contributed by atoms with Crippen LogP contribution in [0.2, 0.25) is 0 Å². The van der Waals surface area contributed by atoms with E-state index in [2.05, 4.69) is 20.7 Å². The standard InChI is InChI=1S/C11H21BrN2O3S/c1-3-10(12)11(15)14-7-5-4-6-9(14)8-13-18(2,16)17/h9-10,13H,3-8H2,1-2H3. The lowest BCUT2D eigenvalue weighted by Gasteiger charge is -2.36. The Hall–Kier alpha value is -0.140. The van der Waals surface area contributed by atoms with Crippen LogP contribution in [0.1, 0.15) is 32.6 Å². The molecule has 0 aromatic carbocycles. The SMILES string of the molecule is CCC(Br)C(=O)N1CCCCC1CNS(C)(=O)=O. The predicted molar refractivity (Wildman–Crippen MR) is 75.2 cm³/mol. The Kier molecular flexibility index (Phi) is 6.07. The monoisotopic (exact) mass is 340 g/mol. The van der Waals surface area contributed by atoms with Gasteiger partial charge in [-0.1, -0.05) is 22.9 Å². The van der Waals surface area contributed by atoms with Crippen molar-refractivity contribution in [3.8, 4) is 0 Å². The highest BCUT2D eigenvalue weighted by molar-refractivity contribution is 9.10. The molecule has 1 aliphatic heterocycles. The molecule has 0 aromatic heterocycles. The van der Waals surface area contributed by atoms with Crippen molar-refractivity contribution in [1.29, 1.82) is 0 Å². The fourth-order valence-electron chi connectivity index (χ4n) is 2.11. The number of alkyl halides is 1. The summed E-state index contributed by atoms with van der Waals surface area (Å²) in [6, 6.07) is -0.0208. The summed E-state index contributed by atoms with van der Waals surface area (Å²) in [6.45, 7) is 2.98. The number of likely N-dealkylation sites (tertiary alicyclic amines) is 1. The smallest absolute Gasteiger partial charge is 0.236 e. The summed E-state index contributed by atoms with van der Waals surface area (Å²) in [7, 11) is -3.20. The molecular formula is C11H21BrN2O3S. The molecule has 1 fully saturated rings. The molecule has 0 saturated carbocycles. The van der Waals surface area contributed by atoms with Gasteiger partial charge in [-0.2, -0.15) is 0 Å². The maximum atomic E-state index is 12.2. The van der Waals surface area contributed by atoms with Crippen LogP contribution in [0.3, 0.4) is 0 Å². The van der Waals surface area contributed by atoms with E-state index in [0.29, 0.717) is 6.54 Å². The second-order valence-corrected chi connectivity index (χ2v) is 7.62. The van der Waals surface area contributed by atoms with Crippen LogP contribution >= 0.6 is 15.9 Å². The Bertz CT molecular complexity index is 386. The van der Waals surface area contributed by atoms with Crippen molar-refractivity contribution in [3.05, 3.63) is 0 Å². The van der Waals surface area contributed by atoms with Gasteiger partial charge in [-0.15, -0.1) is 0 Å². The topological polar surface area (TPSA) is 66.5 Å². The third-order valence-corrected chi connectivity index (χ3v) is 4.85. The van der Waals surface area contributed by atoms with Crippen LogP contribution in [0.5, 0.6) is 0 Å². The fraction of sp³-hybridized carbons (Fsp3) is 0.909. The second kappa shape index (κ2) is 6.86. The lowest BCUT2D eigenvalue weighted by atomic mass is 10.0. The Balaban J connectivity index is 2.65. The molecule has 0 aromatic rings. The molecule has 0 radical (unpaired) electrons. The van der Waals surface area contributed by atoms with Gasteiger partial charge in [-0.05, 0) is 25.7 Å². The van der Waals surface area contributed by atoms with Gasteiger partial charge in [0.1, 0.15) is 0 Å². The minimum atomic E-state index is -3.20. The van der Waals surface area contributed by atoms with Gasteiger partial charge in [0.25, 0.3) is 0 Å². The Labute approximate surface area is 117 Å². The number of hydrogen-bond acceptors (Lipinski definition) is 3. The third kappa shape index (κ3) is 4.85. The number of carbonyl (C=O) groups excluding carboxylic acids is 1. The number of rotatable bonds is 5. The Morgan fingerprint density at radius 2 is 2.17 bits per heavy atom. The molecule has 7 heteroatoms. The first-order valence-electron chi connectivity index (χ1n) is 6.24. The van der Waals surface area contributed by atoms with Crippen LogP contribution in [0.15, 0.2) is 0 Å². The van der Waals surface area contributed by atoms with E-state index in [9.17, 15) is 13.2 Å². The molecule has 2 atom stereocenters. The van der Waals surface area contributed by atoms with Crippen molar-refractivity contribution in [3.63, 3.8) is 0 Å². The molecular weight excluding hydrogens is 320 g/mol. The zero-order valence-electron chi connectivity index (χ0n) is 10.9. The lowest BCUT2D eigenvalue weighted by Crippen LogP contribution is -2.51. The number of sulfonamides is 1. The number of nitrogens with one attached hydrogen (secondary N) is 1. The van der Waals surface area contributed by atoms with Crippen LogP contribution in [-0.4, -0.2) is 49.4 Å². The summed E-state index contributed by atoms with van der Waals surface area (Å²) in [4.78, 5) is 13.8. The minimum absolute atomic E-state index is 0.0208. The van der Waals surface area contributed by atoms with Gasteiger partial charge in [0.15, 0.2) is 0 Å². The Morgan fingerprint density at radius 3 is 2.72 bits per heavy atom. The molecule has 0 spiro atoms. The number of nitrogens with zero attached hydrogens (tertiary/aromatic N) is 1. The van der Waals surface area contributed by atoms with E-state index in [4.69, 9.17) is 0 Å². The van der Waals surface area contributed by atoms with Crippen molar-refractivity contribution >= 4 is 31.9 Å². The third-order valence-electron chi connectivity index (χ3n) is 3.12. The highest BCUT2D eigenvalue weighted by Crippen LogP contribution is 2.20. The van der Waals surface area contributed by atoms with Gasteiger partial charge in [0.05, 0.1) is 11.1 Å². The van der Waals surface area contributed by atoms with Crippen LogP contribution < -0.4 is 4.72 Å². The molecule has 2 unspecified atom stereocenters. The van der Waals surface area contributed by atoms with Gasteiger partial charge in [0.2, 0.25) is 15.9 Å². The predicted octanol–water partition coefficient (Wildman–Crippen LogP) is 1.09. The van der Waals surface area contributed by atoms with E-state index in [1.165, 1.54) is 0 Å². The first-order chi connectivity index (χ1) is 8.35. The van der Waals surface area contributed by atoms with Gasteiger partial charge in [0, 0.05) is 19.1 Å². The van der Waals surface area contributed by atoms with Crippen LogP contribution in [0.4, 0.5) is 0 Å². The molecule has 1 N–H and O–H groups in total. The summed E-state index contributed by atoms with van der Waals surface area (Å²) in [6.07, 6.45) is 4.77. The van der Waals surface area contributed by atoms with Crippen molar-refractivity contribution < 1.29 is 13.2 Å². The van der Waals surface area contributed by atoms with Crippen molar-refractivity contribution in [2.45, 2.75) is 43.5 Å². The van der Waals surface area contributed by atoms with E-state index >= 15 is 0 Å². The number of carbonyl (C=O) groups is 1. The van der Waals surface area contributed by atoms with Crippen molar-refractivity contribution in [2.75, 3.05) is 19.3 Å². The Morgan fingerprint density at radius 1 is 1.50 bits per heavy atom. The first kappa shape index (κ1) is 15.9. The van der Waals surface area contributed by atoms with Crippen LogP contribution in [-0.2, 0) is 14.8 Å². The van der Waals surface area contributed by atoms with Gasteiger partial charge in [-0.3, -0.25) is 4.79 Å². The number of amides is 1. The molecule has 0 aliphatic carbocycles. The lowest BCUT2D eigenvalue weighted by molar-refractivity contribution is -0.134. The second-order valence-electron chi connectivity index (χ2n) is 4.68. The summed E-state index contributed by atoms with van der Waals surface area (Å²) in [5.41, 5.74) is 0. The van der Waals surface area contributed by atoms with Gasteiger partial charge >= 0.3 is 0 Å². The highest BCUT2D eigenvalue weighted by Gasteiger charge is 2.29. The maximum absolute atomic E-state index is 12.2. The molecule has 5 nitrogen and oxygen atoms in total. The number of hydrogen-bond donors (Lipinski definition) is 1. The minimum Gasteiger partial charge on any atom is -0.337 e. The first-order valence-corrected chi connectivity index (χ1v) is 9.05. The van der Waals surface area contributed by atoms with Crippen LogP contribution in [0, 0.1) is 0 Å². The molecule has 1 saturated heterocycles. The molecule has 0 bridgehead atoms.